The fraction of sp³-hybridized carbons (Fsp3) is 0.562. The highest BCUT2D eigenvalue weighted by Crippen LogP contribution is 2.36. The van der Waals surface area contributed by atoms with E-state index in [4.69, 9.17) is 9.47 Å². The van der Waals surface area contributed by atoms with Crippen LogP contribution in [0, 0.1) is 0 Å². The van der Waals surface area contributed by atoms with E-state index in [1.165, 1.54) is 0 Å². The van der Waals surface area contributed by atoms with Crippen molar-refractivity contribution >= 4 is 17.7 Å². The smallest absolute Gasteiger partial charge is 0.257 e. The van der Waals surface area contributed by atoms with Gasteiger partial charge in [-0.3, -0.25) is 4.79 Å². The van der Waals surface area contributed by atoms with Crippen molar-refractivity contribution in [2.24, 2.45) is 0 Å². The molecule has 0 spiro atoms. The number of nitrogens with zero attached hydrogens (tertiary/aromatic N) is 1. The normalized spacial score (nSPS) is 20.8. The number of amides is 1. The second-order valence-electron chi connectivity index (χ2n) is 5.98. The molecule has 0 aliphatic carbocycles. The van der Waals surface area contributed by atoms with Crippen molar-refractivity contribution in [3.05, 3.63) is 23.8 Å². The van der Waals surface area contributed by atoms with Crippen LogP contribution in [-0.4, -0.2) is 47.6 Å². The van der Waals surface area contributed by atoms with E-state index in [9.17, 15) is 4.79 Å². The highest BCUT2D eigenvalue weighted by Gasteiger charge is 2.29. The third kappa shape index (κ3) is 3.12. The summed E-state index contributed by atoms with van der Waals surface area (Å²) in [7, 11) is 0. The molecule has 1 amide bonds. The average Bonchev–Trinajstić information content (AvgIpc) is 2.67. The van der Waals surface area contributed by atoms with Crippen molar-refractivity contribution in [1.29, 1.82) is 0 Å². The number of rotatable bonds is 1. The lowest BCUT2D eigenvalue weighted by molar-refractivity contribution is 0.0754. The van der Waals surface area contributed by atoms with Crippen LogP contribution in [0.1, 0.15) is 30.6 Å². The van der Waals surface area contributed by atoms with Crippen LogP contribution >= 0.6 is 11.8 Å². The summed E-state index contributed by atoms with van der Waals surface area (Å²) in [4.78, 5) is 14.8. The van der Waals surface area contributed by atoms with Gasteiger partial charge in [0.15, 0.2) is 11.5 Å². The average molecular weight is 307 g/mol. The zero-order valence-electron chi connectivity index (χ0n) is 12.6. The number of carbonyl (C=O) groups is 1. The first kappa shape index (κ1) is 14.6. The van der Waals surface area contributed by atoms with E-state index in [0.29, 0.717) is 30.3 Å². The Kier molecular flexibility index (Phi) is 4.02. The van der Waals surface area contributed by atoms with E-state index in [0.717, 1.165) is 25.3 Å². The maximum Gasteiger partial charge on any atom is 0.257 e. The van der Waals surface area contributed by atoms with Crippen LogP contribution in [0.3, 0.4) is 0 Å². The Morgan fingerprint density at radius 2 is 2.05 bits per heavy atom. The number of fused-ring (bicyclic) bond motifs is 1. The van der Waals surface area contributed by atoms with Gasteiger partial charge in [0.1, 0.15) is 13.2 Å². The molecule has 0 unspecified atom stereocenters. The molecule has 1 aromatic rings. The third-order valence-electron chi connectivity index (χ3n) is 3.92. The predicted octanol–water partition coefficient (Wildman–Crippen LogP) is 2.82. The van der Waals surface area contributed by atoms with Crippen molar-refractivity contribution < 1.29 is 14.3 Å². The van der Waals surface area contributed by atoms with Gasteiger partial charge in [0.05, 0.1) is 5.56 Å². The molecule has 2 heterocycles. The summed E-state index contributed by atoms with van der Waals surface area (Å²) in [5.41, 5.74) is 0.622. The van der Waals surface area contributed by atoms with Gasteiger partial charge in [-0.05, 0) is 18.6 Å². The van der Waals surface area contributed by atoms with Crippen molar-refractivity contribution in [1.82, 2.24) is 4.90 Å². The summed E-state index contributed by atoms with van der Waals surface area (Å²) in [5, 5.41) is 0. The van der Waals surface area contributed by atoms with Gasteiger partial charge in [-0.2, -0.15) is 11.8 Å². The number of benzene rings is 1. The lowest BCUT2D eigenvalue weighted by Gasteiger charge is -2.25. The molecule has 0 saturated carbocycles. The van der Waals surface area contributed by atoms with Crippen LogP contribution < -0.4 is 9.47 Å². The summed E-state index contributed by atoms with van der Waals surface area (Å²) in [6.07, 6.45) is 1.01. The summed E-state index contributed by atoms with van der Waals surface area (Å²) < 4.78 is 11.5. The Morgan fingerprint density at radius 3 is 2.90 bits per heavy atom. The van der Waals surface area contributed by atoms with Gasteiger partial charge in [0.2, 0.25) is 0 Å². The van der Waals surface area contributed by atoms with Crippen LogP contribution in [-0.2, 0) is 0 Å². The predicted molar refractivity (Wildman–Crippen MR) is 84.5 cm³/mol. The molecule has 0 bridgehead atoms. The fourth-order valence-electron chi connectivity index (χ4n) is 2.64. The summed E-state index contributed by atoms with van der Waals surface area (Å²) in [6, 6.07) is 5.54. The monoisotopic (exact) mass is 307 g/mol. The molecule has 21 heavy (non-hydrogen) atoms. The van der Waals surface area contributed by atoms with Crippen LogP contribution in [0.5, 0.6) is 11.5 Å². The standard InChI is InChI=1S/C16H21NO3S/c1-16(2)6-7-17(8-11-21-16)15(18)12-4-3-5-13-14(12)20-10-9-19-13/h3-5H,6-11H2,1-2H3. The molecular weight excluding hydrogens is 286 g/mol. The molecule has 0 N–H and O–H groups in total. The maximum absolute atomic E-state index is 12.8. The number of para-hydroxylation sites is 1. The number of thioether (sulfide) groups is 1. The van der Waals surface area contributed by atoms with E-state index in [1.54, 1.807) is 0 Å². The van der Waals surface area contributed by atoms with Crippen molar-refractivity contribution in [3.8, 4) is 11.5 Å². The van der Waals surface area contributed by atoms with Gasteiger partial charge < -0.3 is 14.4 Å². The molecule has 0 aromatic heterocycles. The number of carbonyl (C=O) groups excluding carboxylic acids is 1. The van der Waals surface area contributed by atoms with Crippen LogP contribution in [0.25, 0.3) is 0 Å². The van der Waals surface area contributed by atoms with Crippen molar-refractivity contribution in [2.45, 2.75) is 25.0 Å². The second kappa shape index (κ2) is 5.79. The van der Waals surface area contributed by atoms with Gasteiger partial charge in [-0.15, -0.1) is 0 Å². The first-order valence-electron chi connectivity index (χ1n) is 7.39. The molecule has 1 fully saturated rings. The van der Waals surface area contributed by atoms with Crippen LogP contribution in [0.15, 0.2) is 18.2 Å². The molecule has 5 heteroatoms. The van der Waals surface area contributed by atoms with Gasteiger partial charge in [0.25, 0.3) is 5.91 Å². The Hall–Kier alpha value is -1.36. The highest BCUT2D eigenvalue weighted by molar-refractivity contribution is 8.00. The van der Waals surface area contributed by atoms with Crippen LogP contribution in [0.4, 0.5) is 0 Å². The van der Waals surface area contributed by atoms with E-state index in [1.807, 2.05) is 34.9 Å². The molecule has 114 valence electrons. The Bertz CT molecular complexity index is 544. The molecule has 3 rings (SSSR count). The Morgan fingerprint density at radius 1 is 1.24 bits per heavy atom. The topological polar surface area (TPSA) is 38.8 Å². The van der Waals surface area contributed by atoms with E-state index >= 15 is 0 Å². The summed E-state index contributed by atoms with van der Waals surface area (Å²) in [5.74, 6) is 2.31. The van der Waals surface area contributed by atoms with E-state index < -0.39 is 0 Å². The van der Waals surface area contributed by atoms with Gasteiger partial charge in [-0.25, -0.2) is 0 Å². The van der Waals surface area contributed by atoms with E-state index in [2.05, 4.69) is 13.8 Å². The molecule has 0 radical (unpaired) electrons. The molecular formula is C16H21NO3S. The summed E-state index contributed by atoms with van der Waals surface area (Å²) >= 11 is 1.94. The molecule has 1 saturated heterocycles. The number of hydrogen-bond acceptors (Lipinski definition) is 4. The lowest BCUT2D eigenvalue weighted by Crippen LogP contribution is -2.34. The fourth-order valence-corrected chi connectivity index (χ4v) is 3.74. The number of hydrogen-bond donors (Lipinski definition) is 0. The molecule has 0 atom stereocenters. The quantitative estimate of drug-likeness (QED) is 0.800. The third-order valence-corrected chi connectivity index (χ3v) is 5.29. The Labute approximate surface area is 129 Å². The van der Waals surface area contributed by atoms with Crippen molar-refractivity contribution in [2.75, 3.05) is 32.1 Å². The zero-order chi connectivity index (χ0) is 14.9. The Balaban J connectivity index is 1.82. The molecule has 2 aliphatic rings. The lowest BCUT2D eigenvalue weighted by atomic mass is 10.1. The van der Waals surface area contributed by atoms with E-state index in [-0.39, 0.29) is 10.7 Å². The van der Waals surface area contributed by atoms with Gasteiger partial charge >= 0.3 is 0 Å². The first-order chi connectivity index (χ1) is 10.1. The van der Waals surface area contributed by atoms with Crippen LogP contribution in [0.2, 0.25) is 0 Å². The molecule has 2 aliphatic heterocycles. The molecule has 4 nitrogen and oxygen atoms in total. The maximum atomic E-state index is 12.8. The first-order valence-corrected chi connectivity index (χ1v) is 8.37. The largest absolute Gasteiger partial charge is 0.486 e. The number of ether oxygens (including phenoxy) is 2. The van der Waals surface area contributed by atoms with Crippen molar-refractivity contribution in [3.63, 3.8) is 0 Å². The minimum atomic E-state index is 0.0515. The van der Waals surface area contributed by atoms with Gasteiger partial charge in [0, 0.05) is 23.6 Å². The second-order valence-corrected chi connectivity index (χ2v) is 7.78. The highest BCUT2D eigenvalue weighted by atomic mass is 32.2. The zero-order valence-corrected chi connectivity index (χ0v) is 13.4. The van der Waals surface area contributed by atoms with Gasteiger partial charge in [-0.1, -0.05) is 19.9 Å². The summed E-state index contributed by atoms with van der Waals surface area (Å²) in [6.45, 7) is 7.11. The minimum absolute atomic E-state index is 0.0515. The SMILES string of the molecule is CC1(C)CCN(C(=O)c2cccc3c2OCCO3)CCS1. The molecule has 1 aromatic carbocycles. The minimum Gasteiger partial charge on any atom is -0.486 e.